The third-order valence-corrected chi connectivity index (χ3v) is 5.31. The van der Waals surface area contributed by atoms with Crippen LogP contribution in [-0.4, -0.2) is 33.7 Å². The van der Waals surface area contributed by atoms with Crippen LogP contribution >= 0.6 is 11.6 Å². The first kappa shape index (κ1) is 19.5. The van der Waals surface area contributed by atoms with E-state index in [1.54, 1.807) is 12.1 Å². The molecule has 3 aromatic rings. The van der Waals surface area contributed by atoms with Gasteiger partial charge in [-0.15, -0.1) is 0 Å². The second kappa shape index (κ2) is 7.91. The van der Waals surface area contributed by atoms with Gasteiger partial charge in [0.2, 0.25) is 5.91 Å². The lowest BCUT2D eigenvalue weighted by atomic mass is 10.1. The average molecular weight is 415 g/mol. The van der Waals surface area contributed by atoms with Crippen LogP contribution in [0.3, 0.4) is 0 Å². The van der Waals surface area contributed by atoms with Crippen LogP contribution in [0, 0.1) is 20.8 Å². The molecule has 29 heavy (non-hydrogen) atoms. The number of nitrogens with one attached hydrogen (secondary N) is 1. The van der Waals surface area contributed by atoms with E-state index < -0.39 is 0 Å². The van der Waals surface area contributed by atoms with Crippen LogP contribution in [0.5, 0.6) is 11.5 Å². The Morgan fingerprint density at radius 2 is 1.90 bits per heavy atom. The largest absolute Gasteiger partial charge is 0.490 e. The summed E-state index contributed by atoms with van der Waals surface area (Å²) in [6.45, 7) is 7.06. The van der Waals surface area contributed by atoms with Gasteiger partial charge in [-0.25, -0.2) is 9.50 Å². The molecule has 0 radical (unpaired) electrons. The van der Waals surface area contributed by atoms with Crippen LogP contribution in [0.15, 0.2) is 18.2 Å². The van der Waals surface area contributed by atoms with E-state index in [4.69, 9.17) is 21.1 Å². The van der Waals surface area contributed by atoms with Crippen LogP contribution < -0.4 is 14.8 Å². The molecule has 0 spiro atoms. The van der Waals surface area contributed by atoms with Gasteiger partial charge >= 0.3 is 0 Å². The van der Waals surface area contributed by atoms with Gasteiger partial charge in [0.1, 0.15) is 0 Å². The number of ether oxygens (including phenoxy) is 2. The van der Waals surface area contributed by atoms with E-state index >= 15 is 0 Å². The fourth-order valence-corrected chi connectivity index (χ4v) is 3.73. The average Bonchev–Trinajstić information content (AvgIpc) is 2.89. The number of anilines is 1. The van der Waals surface area contributed by atoms with Gasteiger partial charge in [0.15, 0.2) is 17.1 Å². The van der Waals surface area contributed by atoms with Crippen molar-refractivity contribution in [2.45, 2.75) is 40.0 Å². The second-order valence-corrected chi connectivity index (χ2v) is 7.60. The van der Waals surface area contributed by atoms with Gasteiger partial charge in [-0.1, -0.05) is 11.6 Å². The first-order chi connectivity index (χ1) is 13.9. The lowest BCUT2D eigenvalue weighted by molar-refractivity contribution is -0.116. The van der Waals surface area contributed by atoms with Crippen LogP contribution in [-0.2, 0) is 11.2 Å². The van der Waals surface area contributed by atoms with E-state index in [1.807, 2.05) is 31.4 Å². The summed E-state index contributed by atoms with van der Waals surface area (Å²) in [5, 5.41) is 7.78. The highest BCUT2D eigenvalue weighted by molar-refractivity contribution is 6.34. The summed E-state index contributed by atoms with van der Waals surface area (Å²) in [5.74, 6) is 1.07. The highest BCUT2D eigenvalue weighted by Crippen LogP contribution is 2.37. The van der Waals surface area contributed by atoms with E-state index in [0.29, 0.717) is 48.3 Å². The predicted octanol–water partition coefficient (Wildman–Crippen LogP) is 4.04. The first-order valence-corrected chi connectivity index (χ1v) is 10.0. The Kier molecular flexibility index (Phi) is 5.32. The molecule has 152 valence electrons. The normalized spacial score (nSPS) is 13.4. The molecule has 8 heteroatoms. The molecule has 1 aromatic carbocycles. The van der Waals surface area contributed by atoms with Crippen molar-refractivity contribution in [1.29, 1.82) is 0 Å². The van der Waals surface area contributed by atoms with Gasteiger partial charge in [0.25, 0.3) is 0 Å². The Hall–Kier alpha value is -2.80. The fraction of sp³-hybridized carbons (Fsp3) is 0.381. The summed E-state index contributed by atoms with van der Waals surface area (Å²) in [5.41, 5.74) is 5.20. The number of fused-ring (bicyclic) bond motifs is 2. The van der Waals surface area contributed by atoms with Crippen LogP contribution in [0.2, 0.25) is 5.02 Å². The molecule has 1 N–H and O–H groups in total. The zero-order chi connectivity index (χ0) is 20.5. The van der Waals surface area contributed by atoms with Crippen LogP contribution in [0.25, 0.3) is 5.65 Å². The molecule has 4 rings (SSSR count). The summed E-state index contributed by atoms with van der Waals surface area (Å²) < 4.78 is 13.1. The third-order valence-electron chi connectivity index (χ3n) is 5.00. The van der Waals surface area contributed by atoms with Gasteiger partial charge in [-0.3, -0.25) is 4.79 Å². The molecule has 0 bridgehead atoms. The number of rotatable bonds is 4. The zero-order valence-electron chi connectivity index (χ0n) is 16.7. The molecule has 7 nitrogen and oxygen atoms in total. The highest BCUT2D eigenvalue weighted by atomic mass is 35.5. The summed E-state index contributed by atoms with van der Waals surface area (Å²) in [6, 6.07) is 5.35. The van der Waals surface area contributed by atoms with Crippen molar-refractivity contribution in [2.75, 3.05) is 18.5 Å². The SMILES string of the molecule is Cc1cc2nc(C)c(CCC(=O)Nc3cc4c(cc3Cl)OCCCO4)c(C)n2n1. The minimum atomic E-state index is -0.128. The minimum Gasteiger partial charge on any atom is -0.490 e. The number of amides is 1. The molecule has 0 fully saturated rings. The molecular formula is C21H23ClN4O3. The quantitative estimate of drug-likeness (QED) is 0.697. The number of hydrogen-bond acceptors (Lipinski definition) is 5. The van der Waals surface area contributed by atoms with Gasteiger partial charge in [-0.05, 0) is 32.8 Å². The maximum atomic E-state index is 12.6. The van der Waals surface area contributed by atoms with Crippen LogP contribution in [0.1, 0.15) is 35.5 Å². The Balaban J connectivity index is 1.48. The second-order valence-electron chi connectivity index (χ2n) is 7.19. The van der Waals surface area contributed by atoms with Gasteiger partial charge < -0.3 is 14.8 Å². The molecule has 0 saturated carbocycles. The van der Waals surface area contributed by atoms with Gasteiger partial charge in [-0.2, -0.15) is 5.10 Å². The Labute approximate surface area is 174 Å². The van der Waals surface area contributed by atoms with Crippen molar-refractivity contribution < 1.29 is 14.3 Å². The summed E-state index contributed by atoms with van der Waals surface area (Å²) in [6.07, 6.45) is 1.67. The van der Waals surface area contributed by atoms with E-state index in [-0.39, 0.29) is 5.91 Å². The molecule has 0 atom stereocenters. The van der Waals surface area contributed by atoms with E-state index in [1.165, 1.54) is 0 Å². The number of aryl methyl sites for hydroxylation is 3. The number of hydrogen-bond donors (Lipinski definition) is 1. The van der Waals surface area contributed by atoms with E-state index in [2.05, 4.69) is 15.4 Å². The van der Waals surface area contributed by atoms with Crippen molar-refractivity contribution in [3.63, 3.8) is 0 Å². The fourth-order valence-electron chi connectivity index (χ4n) is 3.53. The predicted molar refractivity (Wildman–Crippen MR) is 111 cm³/mol. The van der Waals surface area contributed by atoms with Crippen molar-refractivity contribution in [1.82, 2.24) is 14.6 Å². The monoisotopic (exact) mass is 414 g/mol. The van der Waals surface area contributed by atoms with E-state index in [9.17, 15) is 4.79 Å². The lowest BCUT2D eigenvalue weighted by Gasteiger charge is -2.13. The Morgan fingerprint density at radius 1 is 1.17 bits per heavy atom. The molecule has 3 heterocycles. The lowest BCUT2D eigenvalue weighted by Crippen LogP contribution is -2.14. The molecule has 1 aliphatic heterocycles. The number of carbonyl (C=O) groups excluding carboxylic acids is 1. The number of nitrogens with zero attached hydrogens (tertiary/aromatic N) is 3. The molecule has 1 aliphatic rings. The maximum Gasteiger partial charge on any atom is 0.224 e. The smallest absolute Gasteiger partial charge is 0.224 e. The van der Waals surface area contributed by atoms with Crippen molar-refractivity contribution in [3.05, 3.63) is 45.9 Å². The van der Waals surface area contributed by atoms with Crippen LogP contribution in [0.4, 0.5) is 5.69 Å². The van der Waals surface area contributed by atoms with Crippen molar-refractivity contribution in [2.24, 2.45) is 0 Å². The highest BCUT2D eigenvalue weighted by Gasteiger charge is 2.17. The minimum absolute atomic E-state index is 0.128. The van der Waals surface area contributed by atoms with Crippen molar-refractivity contribution in [3.8, 4) is 11.5 Å². The Morgan fingerprint density at radius 3 is 2.66 bits per heavy atom. The number of aromatic nitrogens is 3. The molecule has 1 amide bonds. The number of carbonyl (C=O) groups is 1. The third kappa shape index (κ3) is 4.00. The maximum absolute atomic E-state index is 12.6. The Bertz CT molecular complexity index is 1090. The molecule has 0 aliphatic carbocycles. The van der Waals surface area contributed by atoms with E-state index in [0.717, 1.165) is 34.7 Å². The molecule has 2 aromatic heterocycles. The standard InChI is InChI=1S/C21H23ClN4O3/c1-12-9-20-23-13(2)15(14(3)26(20)25-12)5-6-21(27)24-17-11-19-18(10-16(17)22)28-7-4-8-29-19/h9-11H,4-8H2,1-3H3,(H,24,27). The number of benzene rings is 1. The molecule has 0 unspecified atom stereocenters. The summed E-state index contributed by atoms with van der Waals surface area (Å²) >= 11 is 6.32. The van der Waals surface area contributed by atoms with Gasteiger partial charge in [0.05, 0.1) is 29.6 Å². The van der Waals surface area contributed by atoms with Gasteiger partial charge in [0, 0.05) is 42.4 Å². The first-order valence-electron chi connectivity index (χ1n) is 9.64. The van der Waals surface area contributed by atoms with Crippen molar-refractivity contribution >= 4 is 28.8 Å². The topological polar surface area (TPSA) is 77.8 Å². The summed E-state index contributed by atoms with van der Waals surface area (Å²) in [4.78, 5) is 17.2. The number of halogens is 1. The summed E-state index contributed by atoms with van der Waals surface area (Å²) in [7, 11) is 0. The molecule has 0 saturated heterocycles. The zero-order valence-corrected chi connectivity index (χ0v) is 17.5. The molecular weight excluding hydrogens is 392 g/mol.